The summed E-state index contributed by atoms with van der Waals surface area (Å²) in [5.74, 6) is 2.27. The number of benzene rings is 1. The van der Waals surface area contributed by atoms with Crippen molar-refractivity contribution in [1.82, 2.24) is 14.5 Å². The molecule has 0 saturated heterocycles. The van der Waals surface area contributed by atoms with E-state index in [0.29, 0.717) is 23.7 Å². The zero-order valence-electron chi connectivity index (χ0n) is 16.3. The highest BCUT2D eigenvalue weighted by molar-refractivity contribution is 6.10. The number of hydrogen-bond acceptors (Lipinski definition) is 5. The van der Waals surface area contributed by atoms with Gasteiger partial charge in [-0.2, -0.15) is 0 Å². The lowest BCUT2D eigenvalue weighted by Gasteiger charge is -2.16. The molecule has 1 fully saturated rings. The summed E-state index contributed by atoms with van der Waals surface area (Å²) in [5.41, 5.74) is 2.33. The van der Waals surface area contributed by atoms with Gasteiger partial charge in [0, 0.05) is 36.8 Å². The summed E-state index contributed by atoms with van der Waals surface area (Å²) in [6.07, 6.45) is 5.51. The summed E-state index contributed by atoms with van der Waals surface area (Å²) >= 11 is 0. The second kappa shape index (κ2) is 5.59. The molecule has 0 N–H and O–H groups in total. The maximum atomic E-state index is 13.1. The van der Waals surface area contributed by atoms with E-state index in [4.69, 9.17) is 14.5 Å². The first-order valence-corrected chi connectivity index (χ1v) is 9.90. The van der Waals surface area contributed by atoms with Gasteiger partial charge in [-0.1, -0.05) is 6.07 Å². The number of anilines is 1. The highest BCUT2D eigenvalue weighted by Gasteiger charge is 2.53. The Labute approximate surface area is 167 Å². The monoisotopic (exact) mass is 388 g/mol. The van der Waals surface area contributed by atoms with Gasteiger partial charge in [-0.3, -0.25) is 9.69 Å². The van der Waals surface area contributed by atoms with Gasteiger partial charge in [-0.25, -0.2) is 9.97 Å². The van der Waals surface area contributed by atoms with Crippen LogP contribution in [0.25, 0.3) is 11.5 Å². The van der Waals surface area contributed by atoms with Crippen molar-refractivity contribution in [3.63, 3.8) is 0 Å². The number of amides is 1. The van der Waals surface area contributed by atoms with E-state index in [1.807, 2.05) is 36.5 Å². The van der Waals surface area contributed by atoms with Crippen LogP contribution in [-0.2, 0) is 6.54 Å². The van der Waals surface area contributed by atoms with E-state index < -0.39 is 5.79 Å². The van der Waals surface area contributed by atoms with Gasteiger partial charge in [0.15, 0.2) is 17.3 Å². The van der Waals surface area contributed by atoms with Crippen molar-refractivity contribution in [3.8, 4) is 23.0 Å². The van der Waals surface area contributed by atoms with E-state index in [1.165, 1.54) is 0 Å². The molecule has 29 heavy (non-hydrogen) atoms. The molecule has 146 valence electrons. The van der Waals surface area contributed by atoms with E-state index in [0.717, 1.165) is 35.7 Å². The first kappa shape index (κ1) is 16.6. The molecule has 0 radical (unpaired) electrons. The zero-order chi connectivity index (χ0) is 19.8. The third-order valence-electron chi connectivity index (χ3n) is 5.69. The summed E-state index contributed by atoms with van der Waals surface area (Å²) in [6, 6.07) is 9.71. The molecule has 7 heteroatoms. The van der Waals surface area contributed by atoms with Crippen LogP contribution in [0.3, 0.4) is 0 Å². The number of imidazole rings is 1. The molecule has 0 bridgehead atoms. The number of fused-ring (bicyclic) bond motifs is 2. The number of nitrogens with zero attached hydrogens (tertiary/aromatic N) is 4. The Morgan fingerprint density at radius 1 is 1.14 bits per heavy atom. The van der Waals surface area contributed by atoms with E-state index in [1.54, 1.807) is 11.1 Å². The number of pyridine rings is 1. The van der Waals surface area contributed by atoms with Crippen LogP contribution in [0.15, 0.2) is 42.7 Å². The van der Waals surface area contributed by atoms with Gasteiger partial charge in [0.1, 0.15) is 11.5 Å². The van der Waals surface area contributed by atoms with E-state index in [2.05, 4.69) is 23.4 Å². The van der Waals surface area contributed by atoms with Crippen molar-refractivity contribution >= 4 is 11.7 Å². The molecular weight excluding hydrogens is 368 g/mol. The number of aromatic nitrogens is 3. The summed E-state index contributed by atoms with van der Waals surface area (Å²) in [7, 11) is 0. The van der Waals surface area contributed by atoms with Crippen LogP contribution < -0.4 is 14.4 Å². The Bertz CT molecular complexity index is 1160. The van der Waals surface area contributed by atoms with Gasteiger partial charge in [-0.15, -0.1) is 0 Å². The van der Waals surface area contributed by atoms with Crippen LogP contribution in [0.1, 0.15) is 48.7 Å². The van der Waals surface area contributed by atoms with Crippen molar-refractivity contribution in [2.75, 3.05) is 4.90 Å². The van der Waals surface area contributed by atoms with Crippen molar-refractivity contribution in [1.29, 1.82) is 0 Å². The lowest BCUT2D eigenvalue weighted by Crippen LogP contribution is -2.24. The molecule has 3 aliphatic rings. The normalized spacial score (nSPS) is 18.0. The zero-order valence-corrected chi connectivity index (χ0v) is 16.3. The van der Waals surface area contributed by atoms with E-state index >= 15 is 0 Å². The minimum atomic E-state index is -0.464. The van der Waals surface area contributed by atoms with Crippen LogP contribution >= 0.6 is 0 Å². The molecule has 1 amide bonds. The summed E-state index contributed by atoms with van der Waals surface area (Å²) in [6.45, 7) is 4.67. The Balaban J connectivity index is 1.34. The van der Waals surface area contributed by atoms with Crippen LogP contribution in [0.5, 0.6) is 11.5 Å². The second-order valence-electron chi connectivity index (χ2n) is 8.10. The van der Waals surface area contributed by atoms with Gasteiger partial charge >= 0.3 is 0 Å². The van der Waals surface area contributed by atoms with Crippen LogP contribution in [0.2, 0.25) is 0 Å². The van der Waals surface area contributed by atoms with Gasteiger partial charge in [0.05, 0.1) is 6.54 Å². The SMILES string of the molecule is CC(C)n1ccnc1-c1cccc(N2Cc3cc4c(cc3C2=O)OC2(CC2)O4)n1. The molecule has 2 aromatic heterocycles. The second-order valence-corrected chi connectivity index (χ2v) is 8.10. The third kappa shape index (κ3) is 2.46. The number of ether oxygens (including phenoxy) is 2. The highest BCUT2D eigenvalue weighted by atomic mass is 16.7. The minimum absolute atomic E-state index is 0.0694. The average Bonchev–Trinajstić information content (AvgIpc) is 3.07. The van der Waals surface area contributed by atoms with E-state index in [9.17, 15) is 4.79 Å². The molecule has 1 spiro atoms. The van der Waals surface area contributed by atoms with E-state index in [-0.39, 0.29) is 11.9 Å². The first-order valence-electron chi connectivity index (χ1n) is 9.90. The Morgan fingerprint density at radius 2 is 1.93 bits per heavy atom. The molecule has 4 heterocycles. The molecule has 2 aliphatic heterocycles. The Kier molecular flexibility index (Phi) is 3.20. The number of rotatable bonds is 3. The van der Waals surface area contributed by atoms with Gasteiger partial charge in [0.2, 0.25) is 0 Å². The largest absolute Gasteiger partial charge is 0.448 e. The van der Waals surface area contributed by atoms with Gasteiger partial charge in [0.25, 0.3) is 11.7 Å². The number of carbonyl (C=O) groups excluding carboxylic acids is 1. The Hall–Kier alpha value is -3.35. The third-order valence-corrected chi connectivity index (χ3v) is 5.69. The minimum Gasteiger partial charge on any atom is -0.448 e. The topological polar surface area (TPSA) is 69.5 Å². The molecular formula is C22H20N4O3. The van der Waals surface area contributed by atoms with Crippen molar-refractivity contribution in [2.24, 2.45) is 0 Å². The summed E-state index contributed by atoms with van der Waals surface area (Å²) < 4.78 is 13.9. The van der Waals surface area contributed by atoms with Gasteiger partial charge < -0.3 is 14.0 Å². The Morgan fingerprint density at radius 3 is 2.69 bits per heavy atom. The fourth-order valence-corrected chi connectivity index (χ4v) is 4.02. The molecule has 1 aliphatic carbocycles. The van der Waals surface area contributed by atoms with Crippen LogP contribution in [0, 0.1) is 0 Å². The quantitative estimate of drug-likeness (QED) is 0.680. The smallest absolute Gasteiger partial charge is 0.260 e. The molecule has 0 unspecified atom stereocenters. The summed E-state index contributed by atoms with van der Waals surface area (Å²) in [5, 5.41) is 0. The predicted octanol–water partition coefficient (Wildman–Crippen LogP) is 3.95. The molecule has 3 aromatic rings. The maximum absolute atomic E-state index is 13.1. The predicted molar refractivity (Wildman–Crippen MR) is 106 cm³/mol. The van der Waals surface area contributed by atoms with Crippen molar-refractivity contribution < 1.29 is 14.3 Å². The van der Waals surface area contributed by atoms with Gasteiger partial charge in [-0.05, 0) is 43.7 Å². The van der Waals surface area contributed by atoms with Crippen molar-refractivity contribution in [3.05, 3.63) is 53.9 Å². The molecule has 6 rings (SSSR count). The average molecular weight is 388 g/mol. The lowest BCUT2D eigenvalue weighted by atomic mass is 10.1. The van der Waals surface area contributed by atoms with Crippen LogP contribution in [-0.4, -0.2) is 26.2 Å². The number of carbonyl (C=O) groups is 1. The number of hydrogen-bond donors (Lipinski definition) is 0. The molecule has 1 aromatic carbocycles. The van der Waals surface area contributed by atoms with Crippen LogP contribution in [0.4, 0.5) is 5.82 Å². The highest BCUT2D eigenvalue weighted by Crippen LogP contribution is 2.52. The fourth-order valence-electron chi connectivity index (χ4n) is 4.02. The maximum Gasteiger partial charge on any atom is 0.260 e. The molecule has 1 saturated carbocycles. The first-order chi connectivity index (χ1) is 14.0. The van der Waals surface area contributed by atoms with Crippen molar-refractivity contribution in [2.45, 2.75) is 45.1 Å². The fraction of sp³-hybridized carbons (Fsp3) is 0.318. The molecule has 0 atom stereocenters. The standard InChI is InChI=1S/C22H20N4O3/c1-13(2)25-9-8-23-20(25)16-4-3-5-19(24-16)26-12-14-10-17-18(11-15(14)21(26)27)29-22(28-17)6-7-22/h3-5,8-11,13H,6-7,12H2,1-2H3. The summed E-state index contributed by atoms with van der Waals surface area (Å²) in [4.78, 5) is 24.0. The molecule has 7 nitrogen and oxygen atoms in total. The lowest BCUT2D eigenvalue weighted by molar-refractivity contribution is 0.0217.